The molecule has 0 saturated heterocycles. The lowest BCUT2D eigenvalue weighted by Crippen LogP contribution is -2.40. The molecule has 0 aromatic heterocycles. The molecule has 0 fully saturated rings. The molecular weight excluding hydrogens is 851 g/mol. The lowest BCUT2D eigenvalue weighted by atomic mass is 9.94. The highest BCUT2D eigenvalue weighted by atomic mass is 16.6. The monoisotopic (exact) mass is 956 g/mol. The SMILES string of the molecule is CCCCCCCCC(CCCCCC)C(=O)OCCCCCC(=O)OCC(CN(CC)CCOCCOCCO)OC(=O)CCCCCOC(=O)[C@@H](CCCCCC)CCCCCCCC. The first-order chi connectivity index (χ1) is 32.8. The van der Waals surface area contributed by atoms with Crippen molar-refractivity contribution in [3.05, 3.63) is 0 Å². The van der Waals surface area contributed by atoms with Gasteiger partial charge in [0, 0.05) is 25.9 Å². The van der Waals surface area contributed by atoms with Crippen LogP contribution in [0.4, 0.5) is 0 Å². The summed E-state index contributed by atoms with van der Waals surface area (Å²) in [6.45, 7) is 14.7. The summed E-state index contributed by atoms with van der Waals surface area (Å²) < 4.78 is 34.0. The standard InChI is InChI=1S/C55H105NO11/c1-6-11-15-19-21-27-35-49(33-25-17-13-8-3)54(60)64-41-31-23-29-37-52(58)66-48-51(47-56(10-5)39-43-62-45-46-63-44-40-57)67-53(59)38-30-24-32-42-65-55(61)50(34-26-18-14-9-4)36-28-22-20-16-12-7-2/h49-51,57H,6-48H2,1-5H3/t49?,50-,51?/m0/s1. The number of likely N-dealkylation sites (N-methyl/N-ethyl adjacent to an activating group) is 1. The Hall–Kier alpha value is -2.28. The maximum atomic E-state index is 13.1. The van der Waals surface area contributed by atoms with Crippen molar-refractivity contribution in [2.45, 2.75) is 246 Å². The summed E-state index contributed by atoms with van der Waals surface area (Å²) in [6, 6.07) is 0. The molecule has 3 atom stereocenters. The number of nitrogens with zero attached hydrogens (tertiary/aromatic N) is 1. The van der Waals surface area contributed by atoms with Gasteiger partial charge >= 0.3 is 23.9 Å². The van der Waals surface area contributed by atoms with Crippen LogP contribution in [0.15, 0.2) is 0 Å². The second-order valence-corrected chi connectivity index (χ2v) is 18.8. The molecular formula is C55H105NO11. The smallest absolute Gasteiger partial charge is 0.308 e. The van der Waals surface area contributed by atoms with Crippen LogP contribution in [0.25, 0.3) is 0 Å². The fourth-order valence-corrected chi connectivity index (χ4v) is 8.29. The Kier molecular flexibility index (Phi) is 48.4. The number of unbranched alkanes of at least 4 members (excludes halogenated alkanes) is 20. The molecule has 0 aliphatic carbocycles. The minimum atomic E-state index is -0.642. The predicted octanol–water partition coefficient (Wildman–Crippen LogP) is 12.7. The summed E-state index contributed by atoms with van der Waals surface area (Å²) in [6.07, 6.45) is 31.2. The van der Waals surface area contributed by atoms with Crippen LogP contribution in [-0.4, -0.2) is 112 Å². The van der Waals surface area contributed by atoms with Crippen LogP contribution in [0.3, 0.4) is 0 Å². The molecule has 0 saturated carbocycles. The highest BCUT2D eigenvalue weighted by molar-refractivity contribution is 5.73. The molecule has 67 heavy (non-hydrogen) atoms. The second-order valence-electron chi connectivity index (χ2n) is 18.8. The molecule has 0 rings (SSSR count). The molecule has 0 bridgehead atoms. The zero-order chi connectivity index (χ0) is 49.3. The van der Waals surface area contributed by atoms with Crippen molar-refractivity contribution in [3.8, 4) is 0 Å². The van der Waals surface area contributed by atoms with E-state index in [1.54, 1.807) is 0 Å². The van der Waals surface area contributed by atoms with E-state index >= 15 is 0 Å². The maximum Gasteiger partial charge on any atom is 0.308 e. The summed E-state index contributed by atoms with van der Waals surface area (Å²) in [4.78, 5) is 54.1. The third-order valence-electron chi connectivity index (χ3n) is 12.6. The number of hydrogen-bond acceptors (Lipinski definition) is 12. The number of rotatable bonds is 52. The lowest BCUT2D eigenvalue weighted by molar-refractivity contribution is -0.160. The van der Waals surface area contributed by atoms with Gasteiger partial charge in [0.05, 0.1) is 58.1 Å². The number of aliphatic hydroxyl groups is 1. The minimum Gasteiger partial charge on any atom is -0.465 e. The average molecular weight is 956 g/mol. The second kappa shape index (κ2) is 50.1. The zero-order valence-corrected chi connectivity index (χ0v) is 44.1. The highest BCUT2D eigenvalue weighted by Crippen LogP contribution is 2.22. The number of esters is 4. The van der Waals surface area contributed by atoms with E-state index in [0.717, 1.165) is 77.0 Å². The third-order valence-corrected chi connectivity index (χ3v) is 12.6. The van der Waals surface area contributed by atoms with E-state index in [0.29, 0.717) is 78.4 Å². The molecule has 0 radical (unpaired) electrons. The Morgan fingerprint density at radius 1 is 0.433 bits per heavy atom. The van der Waals surface area contributed by atoms with Gasteiger partial charge in [0.1, 0.15) is 12.7 Å². The van der Waals surface area contributed by atoms with Crippen molar-refractivity contribution in [2.75, 3.05) is 72.5 Å². The van der Waals surface area contributed by atoms with Crippen LogP contribution in [-0.2, 0) is 47.6 Å². The van der Waals surface area contributed by atoms with Crippen LogP contribution in [0.5, 0.6) is 0 Å². The fraction of sp³-hybridized carbons (Fsp3) is 0.927. The molecule has 396 valence electrons. The normalized spacial score (nSPS) is 12.8. The Balaban J connectivity index is 4.96. The number of hydrogen-bond donors (Lipinski definition) is 1. The largest absolute Gasteiger partial charge is 0.465 e. The van der Waals surface area contributed by atoms with Crippen LogP contribution in [0.1, 0.15) is 240 Å². The molecule has 12 nitrogen and oxygen atoms in total. The quantitative estimate of drug-likeness (QED) is 0.0351. The van der Waals surface area contributed by atoms with Crippen molar-refractivity contribution in [1.29, 1.82) is 0 Å². The average Bonchev–Trinajstić information content (AvgIpc) is 3.32. The van der Waals surface area contributed by atoms with E-state index in [1.165, 1.54) is 89.9 Å². The van der Waals surface area contributed by atoms with Gasteiger partial charge in [-0.2, -0.15) is 0 Å². The maximum absolute atomic E-state index is 13.1. The van der Waals surface area contributed by atoms with Crippen molar-refractivity contribution in [3.63, 3.8) is 0 Å². The first-order valence-corrected chi connectivity index (χ1v) is 27.9. The molecule has 0 amide bonds. The van der Waals surface area contributed by atoms with Gasteiger partial charge < -0.3 is 33.5 Å². The van der Waals surface area contributed by atoms with Crippen LogP contribution < -0.4 is 0 Å². The Bertz CT molecular complexity index is 1120. The van der Waals surface area contributed by atoms with E-state index in [1.807, 2.05) is 6.92 Å². The molecule has 1 N–H and O–H groups in total. The van der Waals surface area contributed by atoms with E-state index in [4.69, 9.17) is 33.5 Å². The topological polar surface area (TPSA) is 147 Å². The van der Waals surface area contributed by atoms with Crippen LogP contribution in [0.2, 0.25) is 0 Å². The molecule has 0 aromatic carbocycles. The predicted molar refractivity (Wildman–Crippen MR) is 271 cm³/mol. The van der Waals surface area contributed by atoms with Crippen molar-refractivity contribution in [1.82, 2.24) is 4.90 Å². The van der Waals surface area contributed by atoms with Crippen molar-refractivity contribution in [2.24, 2.45) is 11.8 Å². The summed E-state index contributed by atoms with van der Waals surface area (Å²) >= 11 is 0. The number of carbonyl (C=O) groups excluding carboxylic acids is 4. The number of ether oxygens (including phenoxy) is 6. The lowest BCUT2D eigenvalue weighted by Gasteiger charge is -2.26. The van der Waals surface area contributed by atoms with Crippen molar-refractivity contribution >= 4 is 23.9 Å². The van der Waals surface area contributed by atoms with E-state index in [9.17, 15) is 19.2 Å². The molecule has 0 spiro atoms. The van der Waals surface area contributed by atoms with Gasteiger partial charge in [0.2, 0.25) is 0 Å². The van der Waals surface area contributed by atoms with E-state index in [2.05, 4.69) is 32.6 Å². The van der Waals surface area contributed by atoms with Gasteiger partial charge in [-0.05, 0) is 70.8 Å². The van der Waals surface area contributed by atoms with Gasteiger partial charge in [-0.1, -0.05) is 163 Å². The van der Waals surface area contributed by atoms with E-state index in [-0.39, 0.29) is 68.4 Å². The van der Waals surface area contributed by atoms with Gasteiger partial charge in [0.15, 0.2) is 0 Å². The fourth-order valence-electron chi connectivity index (χ4n) is 8.29. The minimum absolute atomic E-state index is 0.0213. The highest BCUT2D eigenvalue weighted by Gasteiger charge is 2.22. The molecule has 0 aromatic rings. The Labute approximate surface area is 410 Å². The van der Waals surface area contributed by atoms with Crippen LogP contribution >= 0.6 is 0 Å². The first kappa shape index (κ1) is 64.7. The van der Waals surface area contributed by atoms with Crippen LogP contribution in [0, 0.1) is 11.8 Å². The number of aliphatic hydroxyl groups excluding tert-OH is 1. The Morgan fingerprint density at radius 2 is 0.836 bits per heavy atom. The molecule has 2 unspecified atom stereocenters. The van der Waals surface area contributed by atoms with Gasteiger partial charge in [-0.15, -0.1) is 0 Å². The first-order valence-electron chi connectivity index (χ1n) is 27.9. The molecule has 0 aliphatic heterocycles. The zero-order valence-electron chi connectivity index (χ0n) is 44.1. The summed E-state index contributed by atoms with van der Waals surface area (Å²) in [7, 11) is 0. The molecule has 0 aliphatic rings. The summed E-state index contributed by atoms with van der Waals surface area (Å²) in [5.41, 5.74) is 0. The molecule has 0 heterocycles. The number of carbonyl (C=O) groups is 4. The third kappa shape index (κ3) is 42.3. The Morgan fingerprint density at radius 3 is 1.28 bits per heavy atom. The van der Waals surface area contributed by atoms with Crippen molar-refractivity contribution < 1.29 is 52.7 Å². The summed E-state index contributed by atoms with van der Waals surface area (Å²) in [5, 5.41) is 8.90. The van der Waals surface area contributed by atoms with Gasteiger partial charge in [-0.25, -0.2) is 0 Å². The van der Waals surface area contributed by atoms with Gasteiger partial charge in [-0.3, -0.25) is 24.1 Å². The molecule has 12 heteroatoms. The summed E-state index contributed by atoms with van der Waals surface area (Å²) in [5.74, 6) is -0.875. The van der Waals surface area contributed by atoms with E-state index < -0.39 is 6.10 Å². The van der Waals surface area contributed by atoms with Gasteiger partial charge in [0.25, 0.3) is 0 Å².